The van der Waals surface area contributed by atoms with E-state index in [0.717, 1.165) is 34.5 Å². The summed E-state index contributed by atoms with van der Waals surface area (Å²) in [6.45, 7) is 0.638. The van der Waals surface area contributed by atoms with Crippen LogP contribution in [0, 0.1) is 0 Å². The van der Waals surface area contributed by atoms with Crippen molar-refractivity contribution in [1.82, 2.24) is 0 Å². The van der Waals surface area contributed by atoms with Gasteiger partial charge in [-0.2, -0.15) is 0 Å². The van der Waals surface area contributed by atoms with Gasteiger partial charge in [0.2, 0.25) is 5.99 Å². The van der Waals surface area contributed by atoms with Gasteiger partial charge >= 0.3 is 0 Å². The molecule has 4 bridgehead atoms. The second-order valence-electron chi connectivity index (χ2n) is 9.97. The van der Waals surface area contributed by atoms with Crippen LogP contribution >= 0.6 is 11.6 Å². The molecule has 1 aliphatic carbocycles. The van der Waals surface area contributed by atoms with Crippen molar-refractivity contribution in [1.29, 1.82) is 0 Å². The summed E-state index contributed by atoms with van der Waals surface area (Å²) in [5.41, 5.74) is 0. The molecule has 4 saturated heterocycles. The van der Waals surface area contributed by atoms with Gasteiger partial charge in [0, 0.05) is 5.25 Å². The normalized spacial score (nSPS) is 44.2. The van der Waals surface area contributed by atoms with E-state index in [4.69, 9.17) is 4.65 Å². The summed E-state index contributed by atoms with van der Waals surface area (Å²) in [6.07, 6.45) is 22.7. The van der Waals surface area contributed by atoms with E-state index in [2.05, 4.69) is 11.6 Å². The Balaban J connectivity index is 1.23. The molecule has 0 spiro atoms. The van der Waals surface area contributed by atoms with Gasteiger partial charge in [0.05, 0.1) is 6.10 Å². The highest BCUT2D eigenvalue weighted by Gasteiger charge is 2.46. The van der Waals surface area contributed by atoms with Crippen LogP contribution in [0.15, 0.2) is 0 Å². The van der Waals surface area contributed by atoms with E-state index in [1.807, 2.05) is 0 Å². The molecule has 4 heterocycles. The topological polar surface area (TPSA) is 9.23 Å². The van der Waals surface area contributed by atoms with Gasteiger partial charge in [0.25, 0.3) is 6.92 Å². The van der Waals surface area contributed by atoms with Crippen molar-refractivity contribution in [3.05, 3.63) is 0 Å². The first-order valence-electron chi connectivity index (χ1n) is 11.7. The summed E-state index contributed by atoms with van der Waals surface area (Å²) in [7, 11) is 0. The van der Waals surface area contributed by atoms with Crippen LogP contribution in [0.2, 0.25) is 23.3 Å². The lowest BCUT2D eigenvalue weighted by Gasteiger charge is -2.43. The smallest absolute Gasteiger partial charge is 0.299 e. The first kappa shape index (κ1) is 17.5. The van der Waals surface area contributed by atoms with E-state index in [0.29, 0.717) is 13.0 Å². The Bertz CT molecular complexity index is 377. The average molecular weight is 358 g/mol. The average Bonchev–Trinajstić information content (AvgIpc) is 3.01. The zero-order valence-corrected chi connectivity index (χ0v) is 16.9. The fourth-order valence-electron chi connectivity index (χ4n) is 7.28. The lowest BCUT2D eigenvalue weighted by molar-refractivity contribution is 0.187. The van der Waals surface area contributed by atoms with Crippen LogP contribution in [0.3, 0.4) is 0 Å². The highest BCUT2D eigenvalue weighted by Crippen LogP contribution is 2.53. The fourth-order valence-corrected chi connectivity index (χ4v) is 9.35. The summed E-state index contributed by atoms with van der Waals surface area (Å²) >= 11 is 2.42. The Morgan fingerprint density at radius 2 is 1.04 bits per heavy atom. The van der Waals surface area contributed by atoms with Gasteiger partial charge in [-0.25, -0.2) is 11.6 Å². The maximum Gasteiger partial charge on any atom is 0.299 e. The molecule has 4 heteroatoms. The third-order valence-electron chi connectivity index (χ3n) is 8.51. The molecule has 2 unspecified atom stereocenters. The standard InChI is InChI=1S/C21H36B2OS/c1-6-16-8-2-9-17(7-1)22(16)24-20-14-5-15-21(20)25-23-18-10-3-11-19(23)13-4-12-18/h16-21H,1-15H2. The molecule has 0 radical (unpaired) electrons. The largest absolute Gasteiger partial charge is 0.432 e. The lowest BCUT2D eigenvalue weighted by Crippen LogP contribution is -2.42. The minimum absolute atomic E-state index is 0.596. The maximum atomic E-state index is 6.97. The molecule has 0 N–H and O–H groups in total. The molecule has 1 saturated carbocycles. The molecule has 25 heavy (non-hydrogen) atoms. The number of hydrogen-bond acceptors (Lipinski definition) is 2. The maximum absolute atomic E-state index is 6.97. The molecule has 5 aliphatic rings. The highest BCUT2D eigenvalue weighted by molar-refractivity contribution is 8.26. The van der Waals surface area contributed by atoms with Gasteiger partial charge in [0.15, 0.2) is 0 Å². The van der Waals surface area contributed by atoms with Crippen molar-refractivity contribution in [2.45, 2.75) is 131 Å². The van der Waals surface area contributed by atoms with Crippen molar-refractivity contribution in [2.75, 3.05) is 0 Å². The molecule has 0 aromatic heterocycles. The van der Waals surface area contributed by atoms with E-state index >= 15 is 0 Å². The Morgan fingerprint density at radius 1 is 0.560 bits per heavy atom. The number of fused-ring (bicyclic) bond motifs is 4. The van der Waals surface area contributed by atoms with Gasteiger partial charge in [-0.15, -0.1) is 0 Å². The highest BCUT2D eigenvalue weighted by atomic mass is 32.2. The number of hydrogen-bond donors (Lipinski definition) is 0. The third-order valence-corrected chi connectivity index (χ3v) is 10.5. The van der Waals surface area contributed by atoms with Crippen molar-refractivity contribution >= 4 is 24.5 Å². The second-order valence-corrected chi connectivity index (χ2v) is 11.4. The summed E-state index contributed by atoms with van der Waals surface area (Å²) in [6, 6.07) is 0. The summed E-state index contributed by atoms with van der Waals surface area (Å²) in [5, 5.41) is 0.828. The molecule has 0 aromatic rings. The van der Waals surface area contributed by atoms with Crippen LogP contribution < -0.4 is 0 Å². The van der Waals surface area contributed by atoms with Crippen molar-refractivity contribution in [3.63, 3.8) is 0 Å². The summed E-state index contributed by atoms with van der Waals surface area (Å²) < 4.78 is 6.97. The van der Waals surface area contributed by atoms with Gasteiger partial charge in [0.1, 0.15) is 0 Å². The van der Waals surface area contributed by atoms with Crippen LogP contribution in [0.5, 0.6) is 0 Å². The van der Waals surface area contributed by atoms with Crippen LogP contribution in [0.4, 0.5) is 0 Å². The van der Waals surface area contributed by atoms with Crippen LogP contribution in [0.1, 0.15) is 96.3 Å². The van der Waals surface area contributed by atoms with Gasteiger partial charge in [-0.3, -0.25) is 0 Å². The Morgan fingerprint density at radius 3 is 1.60 bits per heavy atom. The zero-order chi connectivity index (χ0) is 16.6. The van der Waals surface area contributed by atoms with Crippen molar-refractivity contribution in [2.24, 2.45) is 0 Å². The van der Waals surface area contributed by atoms with E-state index < -0.39 is 0 Å². The molecule has 5 rings (SSSR count). The minimum atomic E-state index is 0.596. The summed E-state index contributed by atoms with van der Waals surface area (Å²) in [4.78, 5) is 0. The molecule has 1 nitrogen and oxygen atoms in total. The summed E-state index contributed by atoms with van der Waals surface area (Å²) in [5.74, 6) is 4.91. The Hall–Kier alpha value is 0.440. The Kier molecular flexibility index (Phi) is 5.48. The molecule has 5 fully saturated rings. The second kappa shape index (κ2) is 7.82. The third kappa shape index (κ3) is 3.60. The van der Waals surface area contributed by atoms with Crippen LogP contribution in [-0.2, 0) is 4.65 Å². The van der Waals surface area contributed by atoms with Crippen molar-refractivity contribution < 1.29 is 4.65 Å². The van der Waals surface area contributed by atoms with E-state index in [-0.39, 0.29) is 0 Å². The molecule has 0 aromatic carbocycles. The van der Waals surface area contributed by atoms with E-state index in [9.17, 15) is 0 Å². The van der Waals surface area contributed by atoms with E-state index in [1.165, 1.54) is 96.3 Å². The lowest BCUT2D eigenvalue weighted by atomic mass is 9.38. The first-order valence-corrected chi connectivity index (χ1v) is 12.6. The molecular formula is C21H36B2OS. The zero-order valence-electron chi connectivity index (χ0n) is 16.0. The molecule has 0 amide bonds. The van der Waals surface area contributed by atoms with Gasteiger partial charge in [-0.05, 0) is 30.9 Å². The number of rotatable bonds is 4. The van der Waals surface area contributed by atoms with Crippen LogP contribution in [-0.4, -0.2) is 24.3 Å². The van der Waals surface area contributed by atoms with Gasteiger partial charge in [-0.1, -0.05) is 88.7 Å². The molecular weight excluding hydrogens is 322 g/mol. The molecule has 2 atom stereocenters. The first-order chi connectivity index (χ1) is 12.4. The van der Waals surface area contributed by atoms with Crippen molar-refractivity contribution in [3.8, 4) is 0 Å². The molecule has 4 aliphatic heterocycles. The van der Waals surface area contributed by atoms with E-state index in [1.54, 1.807) is 0 Å². The van der Waals surface area contributed by atoms with Gasteiger partial charge < -0.3 is 4.65 Å². The fraction of sp³-hybridized carbons (Fsp3) is 1.00. The quantitative estimate of drug-likeness (QED) is 0.508. The molecule has 138 valence electrons. The predicted octanol–water partition coefficient (Wildman–Crippen LogP) is 6.86. The SMILES string of the molecule is C1CC2CCCC(C1)B2OC1CCCC1SB1C2CCCC1CCC2. The Labute approximate surface area is 160 Å². The van der Waals surface area contributed by atoms with Crippen LogP contribution in [0.25, 0.3) is 0 Å². The monoisotopic (exact) mass is 358 g/mol. The minimum Gasteiger partial charge on any atom is -0.432 e. The predicted molar refractivity (Wildman–Crippen MR) is 112 cm³/mol.